The number of anilines is 1. The highest BCUT2D eigenvalue weighted by molar-refractivity contribution is 6.36. The molecule has 5 nitrogen and oxygen atoms in total. The summed E-state index contributed by atoms with van der Waals surface area (Å²) in [6, 6.07) is 23.3. The summed E-state index contributed by atoms with van der Waals surface area (Å²) in [5.74, 6) is -0.309. The van der Waals surface area contributed by atoms with Crippen molar-refractivity contribution >= 4 is 30.9 Å². The maximum absolute atomic E-state index is 12.3. The van der Waals surface area contributed by atoms with Gasteiger partial charge in [-0.3, -0.25) is 4.79 Å². The Morgan fingerprint density at radius 3 is 2.30 bits per heavy atom. The zero-order valence-corrected chi connectivity index (χ0v) is 19.0. The van der Waals surface area contributed by atoms with Crippen LogP contribution in [0.3, 0.4) is 0 Å². The number of carbonyl (C=O) groups excluding carboxylic acids is 1. The van der Waals surface area contributed by atoms with E-state index in [1.807, 2.05) is 30.3 Å². The summed E-state index contributed by atoms with van der Waals surface area (Å²) < 4.78 is 5.83. The minimum Gasteiger partial charge on any atom is -0.494 e. The maximum atomic E-state index is 12.3. The molecule has 0 aliphatic heterocycles. The number of aromatic carboxylic acids is 1. The highest BCUT2D eigenvalue weighted by Crippen LogP contribution is 2.15. The molecule has 0 radical (unpaired) electrons. The van der Waals surface area contributed by atoms with Gasteiger partial charge in [-0.25, -0.2) is 4.79 Å². The molecule has 0 saturated carbocycles. The van der Waals surface area contributed by atoms with Crippen LogP contribution in [-0.2, 0) is 17.6 Å². The van der Waals surface area contributed by atoms with Gasteiger partial charge in [-0.15, -0.1) is 0 Å². The van der Waals surface area contributed by atoms with Gasteiger partial charge in [0.1, 0.15) is 13.6 Å². The molecule has 0 fully saturated rings. The molecule has 1 amide bonds. The quantitative estimate of drug-likeness (QED) is 0.328. The third-order valence-electron chi connectivity index (χ3n) is 5.54. The summed E-state index contributed by atoms with van der Waals surface area (Å²) in [5, 5.41) is 12.0. The molecule has 0 aliphatic rings. The summed E-state index contributed by atoms with van der Waals surface area (Å²) in [5.41, 5.74) is 3.78. The monoisotopic (exact) mass is 443 g/mol. The zero-order valence-electron chi connectivity index (χ0n) is 19.0. The summed E-state index contributed by atoms with van der Waals surface area (Å²) in [6.45, 7) is 0.700. The van der Waals surface area contributed by atoms with E-state index >= 15 is 0 Å². The highest BCUT2D eigenvalue weighted by atomic mass is 16.5. The number of benzene rings is 3. The van der Waals surface area contributed by atoms with Gasteiger partial charge >= 0.3 is 5.97 Å². The predicted molar refractivity (Wildman–Crippen MR) is 134 cm³/mol. The molecular weight excluding hydrogens is 413 g/mol. The van der Waals surface area contributed by atoms with Crippen LogP contribution in [0.4, 0.5) is 5.69 Å². The highest BCUT2D eigenvalue weighted by Gasteiger charge is 2.09. The van der Waals surface area contributed by atoms with Crippen molar-refractivity contribution in [3.63, 3.8) is 0 Å². The van der Waals surface area contributed by atoms with Crippen molar-refractivity contribution in [3.8, 4) is 5.75 Å². The Bertz CT molecular complexity index is 1050. The Balaban J connectivity index is 1.34. The number of ether oxygens (including phenoxy) is 1. The Labute approximate surface area is 196 Å². The first-order chi connectivity index (χ1) is 16.0. The van der Waals surface area contributed by atoms with E-state index in [-0.39, 0.29) is 11.5 Å². The zero-order chi connectivity index (χ0) is 23.5. The van der Waals surface area contributed by atoms with E-state index in [9.17, 15) is 14.7 Å². The van der Waals surface area contributed by atoms with Crippen LogP contribution in [0.5, 0.6) is 5.75 Å². The van der Waals surface area contributed by atoms with Crippen LogP contribution < -0.4 is 15.5 Å². The second-order valence-corrected chi connectivity index (χ2v) is 8.17. The topological polar surface area (TPSA) is 75.6 Å². The Morgan fingerprint density at radius 2 is 1.58 bits per heavy atom. The molecule has 0 spiro atoms. The molecule has 3 aromatic carbocycles. The molecule has 33 heavy (non-hydrogen) atoms. The van der Waals surface area contributed by atoms with Gasteiger partial charge in [-0.05, 0) is 67.5 Å². The van der Waals surface area contributed by atoms with E-state index in [2.05, 4.69) is 29.6 Å². The fourth-order valence-corrected chi connectivity index (χ4v) is 3.61. The van der Waals surface area contributed by atoms with Crippen LogP contribution in [0, 0.1) is 0 Å². The molecular formula is C27H30BNO4. The lowest BCUT2D eigenvalue weighted by atomic mass is 9.90. The van der Waals surface area contributed by atoms with Gasteiger partial charge in [0.05, 0.1) is 12.2 Å². The second-order valence-electron chi connectivity index (χ2n) is 8.17. The lowest BCUT2D eigenvalue weighted by Gasteiger charge is -2.09. The Morgan fingerprint density at radius 1 is 0.848 bits per heavy atom. The van der Waals surface area contributed by atoms with Crippen LogP contribution in [0.15, 0.2) is 72.8 Å². The lowest BCUT2D eigenvalue weighted by Crippen LogP contribution is -2.18. The summed E-state index contributed by atoms with van der Waals surface area (Å²) >= 11 is 0. The number of hydrogen-bond acceptors (Lipinski definition) is 3. The first-order valence-corrected chi connectivity index (χ1v) is 11.4. The molecule has 0 aliphatic carbocycles. The number of nitrogens with one attached hydrogen (secondary N) is 1. The first-order valence-electron chi connectivity index (χ1n) is 11.4. The van der Waals surface area contributed by atoms with Crippen molar-refractivity contribution < 1.29 is 19.4 Å². The maximum Gasteiger partial charge on any atom is 0.335 e. The number of hydrogen-bond donors (Lipinski definition) is 2. The van der Waals surface area contributed by atoms with E-state index in [0.717, 1.165) is 37.0 Å². The molecule has 0 aromatic heterocycles. The standard InChI is InChI=1S/C27H30BNO4/c28-25-16-13-22(19-24(25)27(31)32)29-26(30)17-12-21-10-14-23(15-11-21)33-18-6-2-5-9-20-7-3-1-4-8-20/h1,3-4,7-8,10-11,13-16,19H,2,5-6,9,12,17-18,28H2,(H,29,30)(H,31,32). The van der Waals surface area contributed by atoms with Crippen molar-refractivity contribution in [3.05, 3.63) is 89.5 Å². The second kappa shape index (κ2) is 12.5. The van der Waals surface area contributed by atoms with Gasteiger partial charge in [0.15, 0.2) is 0 Å². The fourth-order valence-electron chi connectivity index (χ4n) is 3.61. The predicted octanol–water partition coefficient (Wildman–Crippen LogP) is 4.01. The van der Waals surface area contributed by atoms with E-state index in [1.54, 1.807) is 20.0 Å². The third kappa shape index (κ3) is 8.15. The summed E-state index contributed by atoms with van der Waals surface area (Å²) in [6.07, 6.45) is 5.35. The molecule has 3 rings (SSSR count). The average molecular weight is 443 g/mol. The summed E-state index contributed by atoms with van der Waals surface area (Å²) in [7, 11) is 1.73. The molecule has 170 valence electrons. The SMILES string of the molecule is Bc1ccc(NC(=O)CCc2ccc(OCCCCCc3ccccc3)cc2)cc1C(=O)O. The lowest BCUT2D eigenvalue weighted by molar-refractivity contribution is -0.116. The van der Waals surface area contributed by atoms with E-state index in [1.165, 1.54) is 11.6 Å². The van der Waals surface area contributed by atoms with Crippen molar-refractivity contribution in [2.45, 2.75) is 38.5 Å². The van der Waals surface area contributed by atoms with Crippen molar-refractivity contribution in [1.82, 2.24) is 0 Å². The smallest absolute Gasteiger partial charge is 0.335 e. The molecule has 0 atom stereocenters. The van der Waals surface area contributed by atoms with Crippen molar-refractivity contribution in [2.24, 2.45) is 0 Å². The van der Waals surface area contributed by atoms with Gasteiger partial charge in [-0.2, -0.15) is 0 Å². The van der Waals surface area contributed by atoms with Gasteiger partial charge in [0, 0.05) is 12.1 Å². The minimum absolute atomic E-state index is 0.147. The Hall–Kier alpha value is -3.54. The van der Waals surface area contributed by atoms with Gasteiger partial charge < -0.3 is 15.2 Å². The molecule has 3 aromatic rings. The van der Waals surface area contributed by atoms with Gasteiger partial charge in [-0.1, -0.05) is 54.0 Å². The van der Waals surface area contributed by atoms with Crippen LogP contribution in [0.25, 0.3) is 0 Å². The fraction of sp³-hybridized carbons (Fsp3) is 0.259. The van der Waals surface area contributed by atoms with Crippen LogP contribution in [-0.4, -0.2) is 31.4 Å². The number of unbranched alkanes of at least 4 members (excludes halogenated alkanes) is 2. The van der Waals surface area contributed by atoms with Crippen LogP contribution in [0.2, 0.25) is 0 Å². The minimum atomic E-state index is -1.00. The summed E-state index contributed by atoms with van der Waals surface area (Å²) in [4.78, 5) is 23.5. The molecule has 0 heterocycles. The van der Waals surface area contributed by atoms with Crippen molar-refractivity contribution in [1.29, 1.82) is 0 Å². The Kier molecular flexibility index (Phi) is 9.13. The van der Waals surface area contributed by atoms with Crippen LogP contribution >= 0.6 is 0 Å². The van der Waals surface area contributed by atoms with Gasteiger partial charge in [0.25, 0.3) is 0 Å². The van der Waals surface area contributed by atoms with Crippen LogP contribution in [0.1, 0.15) is 47.2 Å². The first kappa shape index (κ1) is 24.1. The normalized spacial score (nSPS) is 10.5. The van der Waals surface area contributed by atoms with E-state index < -0.39 is 5.97 Å². The molecule has 0 unspecified atom stereocenters. The number of carboxylic acids is 1. The molecule has 2 N–H and O–H groups in total. The van der Waals surface area contributed by atoms with E-state index in [4.69, 9.17) is 4.74 Å². The largest absolute Gasteiger partial charge is 0.494 e. The van der Waals surface area contributed by atoms with E-state index in [0.29, 0.717) is 30.6 Å². The number of rotatable bonds is 12. The number of carbonyl (C=O) groups is 2. The van der Waals surface area contributed by atoms with Gasteiger partial charge in [0.2, 0.25) is 5.91 Å². The third-order valence-corrected chi connectivity index (χ3v) is 5.54. The van der Waals surface area contributed by atoms with Crippen molar-refractivity contribution in [2.75, 3.05) is 11.9 Å². The molecule has 6 heteroatoms. The molecule has 0 saturated heterocycles. The number of carboxylic acid groups (broad SMARTS) is 1. The average Bonchev–Trinajstić information content (AvgIpc) is 2.82. The molecule has 0 bridgehead atoms. The number of amides is 1. The number of aryl methyl sites for hydroxylation is 2.